The Morgan fingerprint density at radius 3 is 2.29 bits per heavy atom. The minimum atomic E-state index is 0.584. The van der Waals surface area contributed by atoms with E-state index in [1.807, 2.05) is 0 Å². The van der Waals surface area contributed by atoms with Crippen LogP contribution in [-0.4, -0.2) is 26.2 Å². The van der Waals surface area contributed by atoms with Crippen molar-refractivity contribution in [3.05, 3.63) is 29.8 Å². The van der Waals surface area contributed by atoms with E-state index in [0.29, 0.717) is 6.04 Å². The lowest BCUT2D eigenvalue weighted by Gasteiger charge is -2.28. The van der Waals surface area contributed by atoms with Crippen molar-refractivity contribution in [2.24, 2.45) is 0 Å². The Morgan fingerprint density at radius 2 is 1.82 bits per heavy atom. The van der Waals surface area contributed by atoms with Gasteiger partial charge in [0.15, 0.2) is 0 Å². The van der Waals surface area contributed by atoms with Crippen LogP contribution in [0.2, 0.25) is 0 Å². The van der Waals surface area contributed by atoms with Crippen molar-refractivity contribution in [3.63, 3.8) is 0 Å². The number of likely N-dealkylation sites (N-methyl/N-ethyl adjacent to an activating group) is 2. The molecule has 0 aromatic heterocycles. The second-order valence-electron chi connectivity index (χ2n) is 4.65. The smallest absolute Gasteiger partial charge is 0.0366 e. The molecule has 0 spiro atoms. The maximum Gasteiger partial charge on any atom is 0.0366 e. The van der Waals surface area contributed by atoms with Gasteiger partial charge in [-0.3, -0.25) is 0 Å². The molecule has 96 valence electrons. The van der Waals surface area contributed by atoms with Gasteiger partial charge in [-0.1, -0.05) is 31.0 Å². The predicted molar refractivity (Wildman–Crippen MR) is 76.8 cm³/mol. The SMILES string of the molecule is CCCC(CN(CC)c1ccc(C)cc1)NC. The normalized spacial score (nSPS) is 12.5. The lowest BCUT2D eigenvalue weighted by molar-refractivity contribution is 0.508. The number of nitrogens with one attached hydrogen (secondary N) is 1. The fourth-order valence-electron chi connectivity index (χ4n) is 2.11. The van der Waals surface area contributed by atoms with E-state index in [4.69, 9.17) is 0 Å². The third-order valence-electron chi connectivity index (χ3n) is 3.27. The van der Waals surface area contributed by atoms with Crippen molar-refractivity contribution in [2.75, 3.05) is 25.0 Å². The quantitative estimate of drug-likeness (QED) is 0.779. The van der Waals surface area contributed by atoms with E-state index in [1.165, 1.54) is 24.1 Å². The molecule has 1 N–H and O–H groups in total. The Bertz CT molecular complexity index is 305. The molecule has 1 unspecified atom stereocenters. The average molecular weight is 234 g/mol. The number of hydrogen-bond acceptors (Lipinski definition) is 2. The third kappa shape index (κ3) is 4.39. The van der Waals surface area contributed by atoms with Gasteiger partial charge in [0, 0.05) is 24.8 Å². The fourth-order valence-corrected chi connectivity index (χ4v) is 2.11. The minimum Gasteiger partial charge on any atom is -0.370 e. The van der Waals surface area contributed by atoms with Crippen LogP contribution in [0.1, 0.15) is 32.3 Å². The summed E-state index contributed by atoms with van der Waals surface area (Å²) in [6.07, 6.45) is 2.47. The molecule has 0 aliphatic heterocycles. The highest BCUT2D eigenvalue weighted by Gasteiger charge is 2.10. The summed E-state index contributed by atoms with van der Waals surface area (Å²) in [6, 6.07) is 9.40. The first kappa shape index (κ1) is 14.0. The molecule has 1 rings (SSSR count). The zero-order chi connectivity index (χ0) is 12.7. The van der Waals surface area contributed by atoms with E-state index in [9.17, 15) is 0 Å². The third-order valence-corrected chi connectivity index (χ3v) is 3.27. The molecule has 1 aromatic rings. The van der Waals surface area contributed by atoms with Crippen LogP contribution in [0.5, 0.6) is 0 Å². The Kier molecular flexibility index (Phi) is 6.06. The largest absolute Gasteiger partial charge is 0.370 e. The number of nitrogens with zero attached hydrogens (tertiary/aromatic N) is 1. The molecule has 0 amide bonds. The summed E-state index contributed by atoms with van der Waals surface area (Å²) in [4.78, 5) is 2.44. The van der Waals surface area contributed by atoms with Gasteiger partial charge >= 0.3 is 0 Å². The molecule has 0 radical (unpaired) electrons. The maximum atomic E-state index is 3.41. The molecule has 0 saturated heterocycles. The van der Waals surface area contributed by atoms with Crippen molar-refractivity contribution in [3.8, 4) is 0 Å². The Hall–Kier alpha value is -1.02. The van der Waals surface area contributed by atoms with Crippen LogP contribution in [0.3, 0.4) is 0 Å². The van der Waals surface area contributed by atoms with Crippen LogP contribution < -0.4 is 10.2 Å². The van der Waals surface area contributed by atoms with Gasteiger partial charge in [-0.05, 0) is 39.4 Å². The first-order valence-corrected chi connectivity index (χ1v) is 6.70. The highest BCUT2D eigenvalue weighted by Crippen LogP contribution is 2.15. The second kappa shape index (κ2) is 7.33. The van der Waals surface area contributed by atoms with Gasteiger partial charge in [-0.25, -0.2) is 0 Å². The molecule has 0 bridgehead atoms. The molecule has 0 aliphatic carbocycles. The summed E-state index contributed by atoms with van der Waals surface area (Å²) in [7, 11) is 2.06. The highest BCUT2D eigenvalue weighted by atomic mass is 15.1. The molecule has 2 nitrogen and oxygen atoms in total. The summed E-state index contributed by atoms with van der Waals surface area (Å²) in [6.45, 7) is 8.74. The molecule has 1 aromatic carbocycles. The molecule has 1 atom stereocenters. The van der Waals surface area contributed by atoms with Crippen molar-refractivity contribution in [2.45, 2.75) is 39.7 Å². The van der Waals surface area contributed by atoms with Crippen molar-refractivity contribution in [1.82, 2.24) is 5.32 Å². The van der Waals surface area contributed by atoms with Gasteiger partial charge in [-0.15, -0.1) is 0 Å². The molecular formula is C15H26N2. The van der Waals surface area contributed by atoms with Crippen LogP contribution in [0.15, 0.2) is 24.3 Å². The van der Waals surface area contributed by atoms with Gasteiger partial charge in [0.05, 0.1) is 0 Å². The maximum absolute atomic E-state index is 3.41. The molecule has 0 heterocycles. The predicted octanol–water partition coefficient (Wildman–Crippen LogP) is 3.21. The lowest BCUT2D eigenvalue weighted by atomic mass is 10.1. The van der Waals surface area contributed by atoms with Gasteiger partial charge < -0.3 is 10.2 Å². The Balaban J connectivity index is 2.67. The number of anilines is 1. The van der Waals surface area contributed by atoms with E-state index < -0.39 is 0 Å². The zero-order valence-corrected chi connectivity index (χ0v) is 11.7. The van der Waals surface area contributed by atoms with Crippen LogP contribution >= 0.6 is 0 Å². The Labute approximate surface area is 106 Å². The topological polar surface area (TPSA) is 15.3 Å². The van der Waals surface area contributed by atoms with Gasteiger partial charge in [-0.2, -0.15) is 0 Å². The number of benzene rings is 1. The second-order valence-corrected chi connectivity index (χ2v) is 4.65. The van der Waals surface area contributed by atoms with Crippen molar-refractivity contribution >= 4 is 5.69 Å². The summed E-state index contributed by atoms with van der Waals surface area (Å²) in [5.74, 6) is 0. The van der Waals surface area contributed by atoms with E-state index in [-0.39, 0.29) is 0 Å². The molecular weight excluding hydrogens is 208 g/mol. The van der Waals surface area contributed by atoms with Crippen LogP contribution in [0, 0.1) is 6.92 Å². The summed E-state index contributed by atoms with van der Waals surface area (Å²) in [5.41, 5.74) is 2.65. The molecule has 2 heteroatoms. The molecule has 17 heavy (non-hydrogen) atoms. The molecule has 0 aliphatic rings. The first-order valence-electron chi connectivity index (χ1n) is 6.70. The standard InChI is InChI=1S/C15H26N2/c1-5-7-14(16-4)12-17(6-2)15-10-8-13(3)9-11-15/h8-11,14,16H,5-7,12H2,1-4H3. The van der Waals surface area contributed by atoms with E-state index >= 15 is 0 Å². The molecule has 0 fully saturated rings. The van der Waals surface area contributed by atoms with Gasteiger partial charge in [0.1, 0.15) is 0 Å². The summed E-state index contributed by atoms with van der Waals surface area (Å²) >= 11 is 0. The Morgan fingerprint density at radius 1 is 1.18 bits per heavy atom. The van der Waals surface area contributed by atoms with E-state index in [0.717, 1.165) is 13.1 Å². The highest BCUT2D eigenvalue weighted by molar-refractivity contribution is 5.47. The lowest BCUT2D eigenvalue weighted by Crippen LogP contribution is -2.39. The summed E-state index contributed by atoms with van der Waals surface area (Å²) < 4.78 is 0. The number of hydrogen-bond donors (Lipinski definition) is 1. The number of aryl methyl sites for hydroxylation is 1. The van der Waals surface area contributed by atoms with Crippen LogP contribution in [0.4, 0.5) is 5.69 Å². The molecule has 0 saturated carbocycles. The average Bonchev–Trinajstić information content (AvgIpc) is 2.36. The van der Waals surface area contributed by atoms with Crippen molar-refractivity contribution in [1.29, 1.82) is 0 Å². The van der Waals surface area contributed by atoms with Crippen LogP contribution in [-0.2, 0) is 0 Å². The van der Waals surface area contributed by atoms with Gasteiger partial charge in [0.25, 0.3) is 0 Å². The van der Waals surface area contributed by atoms with Crippen LogP contribution in [0.25, 0.3) is 0 Å². The van der Waals surface area contributed by atoms with Crippen molar-refractivity contribution < 1.29 is 0 Å². The van der Waals surface area contributed by atoms with E-state index in [1.54, 1.807) is 0 Å². The fraction of sp³-hybridized carbons (Fsp3) is 0.600. The number of rotatable bonds is 7. The monoisotopic (exact) mass is 234 g/mol. The van der Waals surface area contributed by atoms with E-state index in [2.05, 4.69) is 62.3 Å². The first-order chi connectivity index (χ1) is 8.21. The minimum absolute atomic E-state index is 0.584. The summed E-state index contributed by atoms with van der Waals surface area (Å²) in [5, 5.41) is 3.41. The zero-order valence-electron chi connectivity index (χ0n) is 11.7. The van der Waals surface area contributed by atoms with Gasteiger partial charge in [0.2, 0.25) is 0 Å².